The molecule has 4 atom stereocenters. The molecule has 0 aromatic heterocycles. The summed E-state index contributed by atoms with van der Waals surface area (Å²) in [6.45, 7) is 3.60. The van der Waals surface area contributed by atoms with Gasteiger partial charge < -0.3 is 35.8 Å². The Morgan fingerprint density at radius 1 is 1.12 bits per heavy atom. The molecule has 2 aliphatic rings. The van der Waals surface area contributed by atoms with Crippen molar-refractivity contribution >= 4 is 23.8 Å². The summed E-state index contributed by atoms with van der Waals surface area (Å²) >= 11 is 0. The molecule has 1 aromatic carbocycles. The van der Waals surface area contributed by atoms with Crippen LogP contribution in [0.2, 0.25) is 0 Å². The van der Waals surface area contributed by atoms with Crippen LogP contribution in [-0.4, -0.2) is 87.8 Å². The van der Waals surface area contributed by atoms with Crippen LogP contribution in [0.15, 0.2) is 30.3 Å². The number of nitrogens with one attached hydrogen (secondary N) is 1. The molecular weight excluding hydrogens is 444 g/mol. The van der Waals surface area contributed by atoms with E-state index >= 15 is 0 Å². The molecule has 2 aliphatic heterocycles. The summed E-state index contributed by atoms with van der Waals surface area (Å²) in [5.74, 6) is -1.50. The number of β-lactam (4-membered cyclic amide) rings is 1. The SMILES string of the molecule is C[C@@H](O)[C@H](NC(=O)OCc1ccccc1)C(=O)N1CCC2(CC1)CN([C@H](C(N)=O)[C@@H](C)O)C2=O. The number of carbonyl (C=O) groups excluding carboxylic acids is 4. The molecule has 0 saturated carbocycles. The van der Waals surface area contributed by atoms with Crippen molar-refractivity contribution in [3.8, 4) is 0 Å². The molecule has 0 radical (unpaired) electrons. The smallest absolute Gasteiger partial charge is 0.408 e. The molecule has 3 rings (SSSR count). The molecule has 11 nitrogen and oxygen atoms in total. The van der Waals surface area contributed by atoms with Crippen LogP contribution in [0.3, 0.4) is 0 Å². The molecule has 0 unspecified atom stereocenters. The number of rotatable bonds is 8. The lowest BCUT2D eigenvalue weighted by Crippen LogP contribution is -2.71. The Balaban J connectivity index is 1.54. The fourth-order valence-corrected chi connectivity index (χ4v) is 4.56. The molecular formula is C23H32N4O7. The van der Waals surface area contributed by atoms with E-state index in [4.69, 9.17) is 10.5 Å². The number of piperidine rings is 1. The lowest BCUT2D eigenvalue weighted by Gasteiger charge is -2.54. The maximum Gasteiger partial charge on any atom is 0.408 e. The molecule has 0 bridgehead atoms. The molecule has 2 saturated heterocycles. The topological polar surface area (TPSA) is 162 Å². The van der Waals surface area contributed by atoms with Crippen LogP contribution in [0.1, 0.15) is 32.3 Å². The second kappa shape index (κ2) is 10.4. The highest BCUT2D eigenvalue weighted by Crippen LogP contribution is 2.43. The second-order valence-electron chi connectivity index (χ2n) is 9.05. The number of nitrogens with two attached hydrogens (primary N) is 1. The van der Waals surface area contributed by atoms with E-state index in [-0.39, 0.29) is 32.1 Å². The molecule has 5 N–H and O–H groups in total. The lowest BCUT2D eigenvalue weighted by atomic mass is 9.70. The summed E-state index contributed by atoms with van der Waals surface area (Å²) in [6, 6.07) is 6.78. The number of likely N-dealkylation sites (tertiary alicyclic amines) is 2. The third kappa shape index (κ3) is 5.31. The van der Waals surface area contributed by atoms with Gasteiger partial charge in [-0.25, -0.2) is 4.79 Å². The van der Waals surface area contributed by atoms with Crippen molar-refractivity contribution in [1.82, 2.24) is 15.1 Å². The summed E-state index contributed by atoms with van der Waals surface area (Å²) < 4.78 is 5.15. The summed E-state index contributed by atoms with van der Waals surface area (Å²) in [5, 5.41) is 22.3. The number of aliphatic hydroxyl groups excluding tert-OH is 2. The van der Waals surface area contributed by atoms with Gasteiger partial charge in [0.15, 0.2) is 0 Å². The summed E-state index contributed by atoms with van der Waals surface area (Å²) in [6.07, 6.45) is -2.33. The fourth-order valence-electron chi connectivity index (χ4n) is 4.56. The first-order valence-corrected chi connectivity index (χ1v) is 11.3. The van der Waals surface area contributed by atoms with E-state index < -0.39 is 47.6 Å². The number of hydrogen-bond donors (Lipinski definition) is 4. The summed E-state index contributed by atoms with van der Waals surface area (Å²) in [7, 11) is 0. The number of amides is 4. The zero-order valence-corrected chi connectivity index (χ0v) is 19.3. The number of aliphatic hydroxyl groups is 2. The highest BCUT2D eigenvalue weighted by atomic mass is 16.5. The molecule has 186 valence electrons. The van der Waals surface area contributed by atoms with Crippen LogP contribution < -0.4 is 11.1 Å². The minimum absolute atomic E-state index is 0.0248. The lowest BCUT2D eigenvalue weighted by molar-refractivity contribution is -0.177. The minimum Gasteiger partial charge on any atom is -0.445 e. The highest BCUT2D eigenvalue weighted by Gasteiger charge is 2.57. The predicted octanol–water partition coefficient (Wildman–Crippen LogP) is -0.652. The van der Waals surface area contributed by atoms with E-state index in [1.165, 1.54) is 23.6 Å². The number of hydrogen-bond acceptors (Lipinski definition) is 7. The molecule has 4 amide bonds. The highest BCUT2D eigenvalue weighted by molar-refractivity contribution is 5.94. The van der Waals surface area contributed by atoms with Crippen LogP contribution >= 0.6 is 0 Å². The van der Waals surface area contributed by atoms with E-state index in [0.717, 1.165) is 5.56 Å². The van der Waals surface area contributed by atoms with Gasteiger partial charge in [0.2, 0.25) is 17.7 Å². The Morgan fingerprint density at radius 2 is 1.74 bits per heavy atom. The van der Waals surface area contributed by atoms with Crippen molar-refractivity contribution in [3.63, 3.8) is 0 Å². The Labute approximate surface area is 197 Å². The summed E-state index contributed by atoms with van der Waals surface area (Å²) in [5.41, 5.74) is 5.41. The number of primary amides is 1. The van der Waals surface area contributed by atoms with Crippen molar-refractivity contribution in [1.29, 1.82) is 0 Å². The van der Waals surface area contributed by atoms with Crippen LogP contribution in [0.4, 0.5) is 4.79 Å². The fraction of sp³-hybridized carbons (Fsp3) is 0.565. The van der Waals surface area contributed by atoms with Gasteiger partial charge >= 0.3 is 6.09 Å². The van der Waals surface area contributed by atoms with Crippen LogP contribution in [0.25, 0.3) is 0 Å². The first-order valence-electron chi connectivity index (χ1n) is 11.3. The van der Waals surface area contributed by atoms with Crippen LogP contribution in [0.5, 0.6) is 0 Å². The molecule has 2 heterocycles. The molecule has 1 spiro atoms. The first kappa shape index (κ1) is 25.4. The van der Waals surface area contributed by atoms with Crippen molar-refractivity contribution in [2.45, 2.75) is 57.6 Å². The first-order chi connectivity index (χ1) is 16.1. The number of nitrogens with zero attached hydrogens (tertiary/aromatic N) is 2. The van der Waals surface area contributed by atoms with Crippen molar-refractivity contribution in [2.75, 3.05) is 19.6 Å². The van der Waals surface area contributed by atoms with E-state index in [9.17, 15) is 29.4 Å². The van der Waals surface area contributed by atoms with E-state index in [1.54, 1.807) is 12.1 Å². The number of carbonyl (C=O) groups is 4. The maximum atomic E-state index is 13.0. The molecule has 11 heteroatoms. The van der Waals surface area contributed by atoms with E-state index in [0.29, 0.717) is 12.8 Å². The number of benzene rings is 1. The largest absolute Gasteiger partial charge is 0.445 e. The molecule has 0 aliphatic carbocycles. The quantitative estimate of drug-likeness (QED) is 0.362. The number of ether oxygens (including phenoxy) is 1. The molecule has 2 fully saturated rings. The maximum absolute atomic E-state index is 13.0. The molecule has 34 heavy (non-hydrogen) atoms. The monoisotopic (exact) mass is 476 g/mol. The Hall–Kier alpha value is -3.18. The van der Waals surface area contributed by atoms with Gasteiger partial charge in [0.25, 0.3) is 0 Å². The van der Waals surface area contributed by atoms with Gasteiger partial charge in [0.05, 0.1) is 17.6 Å². The standard InChI is InChI=1S/C23H32N4O7/c1-14(28)17(25-22(33)34-12-16-6-4-3-5-7-16)20(31)26-10-8-23(9-11-26)13-27(21(23)32)18(15(2)29)19(24)30/h3-7,14-15,17-18,28-29H,8-13H2,1-2H3,(H2,24,30)(H,25,33)/t14-,15-,17+,18+/m1/s1. The third-order valence-corrected chi connectivity index (χ3v) is 6.54. The van der Waals surface area contributed by atoms with Crippen molar-refractivity contribution in [2.24, 2.45) is 11.1 Å². The van der Waals surface area contributed by atoms with E-state index in [1.807, 2.05) is 18.2 Å². The normalized spacial score (nSPS) is 20.6. The Bertz CT molecular complexity index is 913. The average Bonchev–Trinajstić information content (AvgIpc) is 2.80. The number of alkyl carbamates (subject to hydrolysis) is 1. The van der Waals surface area contributed by atoms with Crippen LogP contribution in [0, 0.1) is 5.41 Å². The Kier molecular flexibility index (Phi) is 7.78. The van der Waals surface area contributed by atoms with Gasteiger partial charge in [-0.3, -0.25) is 14.4 Å². The van der Waals surface area contributed by atoms with Gasteiger partial charge in [0.1, 0.15) is 18.7 Å². The minimum atomic E-state index is -1.19. The zero-order chi connectivity index (χ0) is 25.0. The second-order valence-corrected chi connectivity index (χ2v) is 9.05. The Morgan fingerprint density at radius 3 is 2.24 bits per heavy atom. The molecule has 1 aromatic rings. The van der Waals surface area contributed by atoms with Gasteiger partial charge in [0, 0.05) is 19.6 Å². The van der Waals surface area contributed by atoms with Crippen molar-refractivity contribution in [3.05, 3.63) is 35.9 Å². The van der Waals surface area contributed by atoms with Crippen molar-refractivity contribution < 1.29 is 34.1 Å². The zero-order valence-electron chi connectivity index (χ0n) is 19.3. The van der Waals surface area contributed by atoms with Crippen LogP contribution in [-0.2, 0) is 25.7 Å². The average molecular weight is 477 g/mol. The van der Waals surface area contributed by atoms with Gasteiger partial charge in [-0.15, -0.1) is 0 Å². The predicted molar refractivity (Wildman–Crippen MR) is 120 cm³/mol. The van der Waals surface area contributed by atoms with E-state index in [2.05, 4.69) is 5.32 Å². The van der Waals surface area contributed by atoms with Gasteiger partial charge in [-0.05, 0) is 32.3 Å². The third-order valence-electron chi connectivity index (χ3n) is 6.54. The van der Waals surface area contributed by atoms with Gasteiger partial charge in [-0.2, -0.15) is 0 Å². The van der Waals surface area contributed by atoms with Gasteiger partial charge in [-0.1, -0.05) is 30.3 Å². The summed E-state index contributed by atoms with van der Waals surface area (Å²) in [4.78, 5) is 52.5.